The van der Waals surface area contributed by atoms with Gasteiger partial charge in [-0.05, 0) is 98.9 Å². The van der Waals surface area contributed by atoms with Crippen LogP contribution < -0.4 is 38.1 Å². The Balaban J connectivity index is 1.43. The minimum atomic E-state index is -0.905. The average molecular weight is 1160 g/mol. The summed E-state index contributed by atoms with van der Waals surface area (Å²) in [4.78, 5) is 106. The van der Waals surface area contributed by atoms with E-state index in [2.05, 4.69) is 31.6 Å². The number of hydrogen-bond donors (Lipinski definition) is 7. The van der Waals surface area contributed by atoms with E-state index in [1.165, 1.54) is 11.3 Å². The van der Waals surface area contributed by atoms with Crippen molar-refractivity contribution in [1.82, 2.24) is 41.0 Å². The number of rotatable bonds is 34. The Morgan fingerprint density at radius 1 is 0.817 bits per heavy atom. The predicted octanol–water partition coefficient (Wildman–Crippen LogP) is 6.05. The van der Waals surface area contributed by atoms with Gasteiger partial charge in [-0.1, -0.05) is 111 Å². The van der Waals surface area contributed by atoms with Crippen molar-refractivity contribution in [2.24, 2.45) is 41.1 Å². The number of nitrogens with one attached hydrogen (secondary N) is 5. The molecule has 8 amide bonds. The van der Waals surface area contributed by atoms with Crippen molar-refractivity contribution in [3.05, 3.63) is 82.3 Å². The molecule has 0 saturated carbocycles. The number of methoxy groups -OCH3 is 2. The van der Waals surface area contributed by atoms with Crippen molar-refractivity contribution < 1.29 is 43.0 Å². The molecule has 4 rings (SSSR count). The number of hydrogen-bond acceptors (Lipinski definition) is 13. The molecule has 0 radical (unpaired) electrons. The van der Waals surface area contributed by atoms with Crippen molar-refractivity contribution in [2.75, 3.05) is 53.3 Å². The molecule has 0 aliphatic carbocycles. The summed E-state index contributed by atoms with van der Waals surface area (Å²) in [5.41, 5.74) is 13.8. The van der Waals surface area contributed by atoms with Gasteiger partial charge in [-0.15, -0.1) is 11.3 Å². The number of aromatic nitrogens is 1. The van der Waals surface area contributed by atoms with E-state index in [1.54, 1.807) is 44.5 Å². The molecule has 82 heavy (non-hydrogen) atoms. The summed E-state index contributed by atoms with van der Waals surface area (Å²) in [6.07, 6.45) is 4.71. The van der Waals surface area contributed by atoms with Crippen LogP contribution in [0.25, 0.3) is 0 Å². The molecule has 11 unspecified atom stereocenters. The van der Waals surface area contributed by atoms with Gasteiger partial charge < -0.3 is 57.3 Å². The maximum absolute atomic E-state index is 14.9. The highest BCUT2D eigenvalue weighted by Crippen LogP contribution is 2.31. The number of ether oxygens (including phenoxy) is 2. The summed E-state index contributed by atoms with van der Waals surface area (Å²) in [5.74, 6) is -2.65. The van der Waals surface area contributed by atoms with E-state index in [4.69, 9.17) is 20.9 Å². The second-order valence-electron chi connectivity index (χ2n) is 23.3. The summed E-state index contributed by atoms with van der Waals surface area (Å²) < 4.78 is 12.3. The van der Waals surface area contributed by atoms with Gasteiger partial charge in [0.15, 0.2) is 0 Å². The number of likely N-dealkylation sites (tertiary alicyclic amines) is 1. The lowest BCUT2D eigenvalue weighted by Crippen LogP contribution is -2.59. The van der Waals surface area contributed by atoms with Gasteiger partial charge in [-0.3, -0.25) is 33.7 Å². The molecule has 1 saturated heterocycles. The highest BCUT2D eigenvalue weighted by atomic mass is 32.1. The van der Waals surface area contributed by atoms with Crippen LogP contribution in [0.2, 0.25) is 0 Å². The molecule has 1 aliphatic heterocycles. The Labute approximate surface area is 491 Å². The number of nitrogens with zero attached hydrogens (tertiary/aromatic N) is 4. The average Bonchev–Trinajstić information content (AvgIpc) is 4.23. The van der Waals surface area contributed by atoms with Gasteiger partial charge in [-0.25, -0.2) is 9.78 Å². The third kappa shape index (κ3) is 20.4. The van der Waals surface area contributed by atoms with Crippen LogP contribution in [0.3, 0.4) is 0 Å². The minimum absolute atomic E-state index is 0.00815. The maximum Gasteiger partial charge on any atom is 0.312 e. The number of nitrogens with two attached hydrogens (primary N) is 2. The van der Waals surface area contributed by atoms with Crippen LogP contribution in [0, 0.1) is 29.6 Å². The Morgan fingerprint density at radius 2 is 1.49 bits per heavy atom. The van der Waals surface area contributed by atoms with Gasteiger partial charge >= 0.3 is 6.03 Å². The molecule has 1 fully saturated rings. The maximum atomic E-state index is 14.9. The zero-order chi connectivity index (χ0) is 60.8. The van der Waals surface area contributed by atoms with E-state index in [1.807, 2.05) is 127 Å². The van der Waals surface area contributed by atoms with Crippen LogP contribution in [0.5, 0.6) is 0 Å². The third-order valence-corrected chi connectivity index (χ3v) is 16.8. The van der Waals surface area contributed by atoms with Gasteiger partial charge in [0.2, 0.25) is 35.4 Å². The largest absolute Gasteiger partial charge is 0.379 e. The molecule has 2 heterocycles. The van der Waals surface area contributed by atoms with E-state index < -0.39 is 66.2 Å². The summed E-state index contributed by atoms with van der Waals surface area (Å²) in [6, 6.07) is 12.3. The number of likely N-dealkylation sites (N-methyl/N-ethyl adjacent to an activating group) is 2. The van der Waals surface area contributed by atoms with Gasteiger partial charge in [0.05, 0.1) is 54.8 Å². The molecular weight excluding hydrogens is 1060 g/mol. The summed E-state index contributed by atoms with van der Waals surface area (Å²) >= 11 is 1.49. The van der Waals surface area contributed by atoms with Gasteiger partial charge in [0.1, 0.15) is 17.1 Å². The van der Waals surface area contributed by atoms with Crippen molar-refractivity contribution >= 4 is 58.5 Å². The van der Waals surface area contributed by atoms with Crippen LogP contribution in [-0.4, -0.2) is 158 Å². The molecule has 21 heteroatoms. The predicted molar refractivity (Wildman–Crippen MR) is 322 cm³/mol. The quantitative estimate of drug-likeness (QED) is 0.0337. The molecule has 0 spiro atoms. The number of anilines is 1. The number of carbonyl (C=O) groups excluding carboxylic acids is 7. The monoisotopic (exact) mass is 1160 g/mol. The first-order chi connectivity index (χ1) is 38.9. The van der Waals surface area contributed by atoms with E-state index in [9.17, 15) is 33.6 Å². The molecule has 9 N–H and O–H groups in total. The van der Waals surface area contributed by atoms with Gasteiger partial charge in [0.25, 0.3) is 0 Å². The molecule has 11 atom stereocenters. The second-order valence-corrected chi connectivity index (χ2v) is 24.2. The summed E-state index contributed by atoms with van der Waals surface area (Å²) in [7, 11) is 6.78. The van der Waals surface area contributed by atoms with Crippen molar-refractivity contribution in [1.29, 1.82) is 0 Å². The lowest BCUT2D eigenvalue weighted by molar-refractivity contribution is -0.147. The zero-order valence-corrected chi connectivity index (χ0v) is 51.8. The smallest absolute Gasteiger partial charge is 0.312 e. The lowest BCUT2D eigenvalue weighted by Gasteiger charge is -2.41. The fourth-order valence-corrected chi connectivity index (χ4v) is 11.7. The first kappa shape index (κ1) is 68.5. The number of carbonyl (C=O) groups is 7. The first-order valence-corrected chi connectivity index (χ1v) is 30.2. The highest BCUT2D eigenvalue weighted by molar-refractivity contribution is 7.09. The van der Waals surface area contributed by atoms with Gasteiger partial charge in [-0.2, -0.15) is 0 Å². The molecule has 2 aromatic carbocycles. The number of primary amides is 1. The normalized spacial score (nSPS) is 17.2. The fourth-order valence-electron chi connectivity index (χ4n) is 11.1. The standard InChI is InChI=1S/C61H97N11O9S/c1-14-40(8)53(49(80-12)36-50(73)72-31-19-23-48(72)54(81-13)41(9)55(74)68-46(59-64-30-33-82-59)35-43-20-16-15-17-21-43)71(11)60(78)47(34-37(2)3)69-58(77)52(39(6)7)70(10)32-28-42-24-26-44(27-25-42)66-56(75)45(22-18-29-65-61(63)79)67-57(76)51(62)38(4)5/h15-17,20-21,24-27,30,33,37-41,45-49,51-54H,14,18-19,22-23,28-29,31-32,34-36,62H2,1-13H3,(H,66,75)(H,67,76)(H,68,74)(H,69,77)(H3,63,65,79). The van der Waals surface area contributed by atoms with E-state index in [-0.39, 0.29) is 78.8 Å². The van der Waals surface area contributed by atoms with E-state index in [0.717, 1.165) is 22.6 Å². The molecule has 3 aromatic rings. The topological polar surface area (TPSA) is 273 Å². The number of benzene rings is 2. The molecule has 456 valence electrons. The molecule has 20 nitrogen and oxygen atoms in total. The zero-order valence-electron chi connectivity index (χ0n) is 50.9. The Kier molecular flexibility index (Phi) is 28.4. The van der Waals surface area contributed by atoms with Gasteiger partial charge in [0, 0.05) is 58.2 Å². The minimum Gasteiger partial charge on any atom is -0.379 e. The SMILES string of the molecule is CCC(C)C(C(CC(=O)N1CCCC1C(OC)C(C)C(=O)NC(Cc1ccccc1)c1nccs1)OC)N(C)C(=O)C(CC(C)C)NC(=O)C(C(C)C)N(C)CCc1ccc(NC(=O)C(CCCNC(N)=O)NC(=O)C(N)C(C)C)cc1. The van der Waals surface area contributed by atoms with Crippen molar-refractivity contribution in [3.8, 4) is 0 Å². The lowest BCUT2D eigenvalue weighted by atomic mass is 9.89. The highest BCUT2D eigenvalue weighted by Gasteiger charge is 2.43. The van der Waals surface area contributed by atoms with Crippen LogP contribution in [0.15, 0.2) is 66.2 Å². The number of amides is 8. The van der Waals surface area contributed by atoms with Crippen LogP contribution in [0.4, 0.5) is 10.5 Å². The fraction of sp³-hybridized carbons (Fsp3) is 0.639. The molecule has 1 aliphatic rings. The second kappa shape index (κ2) is 33.9. The molecule has 0 bridgehead atoms. The summed E-state index contributed by atoms with van der Waals surface area (Å²) in [5, 5.41) is 17.2. The van der Waals surface area contributed by atoms with E-state index in [0.29, 0.717) is 57.3 Å². The molecule has 1 aromatic heterocycles. The van der Waals surface area contributed by atoms with Crippen molar-refractivity contribution in [3.63, 3.8) is 0 Å². The molecular formula is C61H97N11O9S. The van der Waals surface area contributed by atoms with E-state index >= 15 is 0 Å². The number of urea groups is 1. The number of thiazole rings is 1. The Hall–Kier alpha value is -6.00. The first-order valence-electron chi connectivity index (χ1n) is 29.3. The van der Waals surface area contributed by atoms with Crippen molar-refractivity contribution in [2.45, 2.75) is 175 Å². The Bertz CT molecular complexity index is 2470. The van der Waals surface area contributed by atoms with Crippen LogP contribution >= 0.6 is 11.3 Å². The van der Waals surface area contributed by atoms with Crippen LogP contribution in [0.1, 0.15) is 129 Å². The van der Waals surface area contributed by atoms with Crippen LogP contribution in [-0.2, 0) is 51.1 Å². The third-order valence-electron chi connectivity index (χ3n) is 15.9. The Morgan fingerprint density at radius 3 is 2.06 bits per heavy atom. The summed E-state index contributed by atoms with van der Waals surface area (Å²) in [6.45, 7) is 18.8.